The molecule has 2 heterocycles. The highest BCUT2D eigenvalue weighted by atomic mass is 16.2. The van der Waals surface area contributed by atoms with E-state index in [0.717, 1.165) is 51.9 Å². The Kier molecular flexibility index (Phi) is 4.99. The van der Waals surface area contributed by atoms with Crippen molar-refractivity contribution in [1.82, 2.24) is 15.5 Å². The Labute approximate surface area is 108 Å². The Morgan fingerprint density at radius 2 is 1.83 bits per heavy atom. The third-order valence-corrected chi connectivity index (χ3v) is 3.83. The first-order chi connectivity index (χ1) is 8.75. The van der Waals surface area contributed by atoms with Crippen molar-refractivity contribution in [2.75, 3.05) is 32.7 Å². The number of carbonyl (C=O) groups is 2. The second-order valence-electron chi connectivity index (χ2n) is 5.26. The molecule has 2 aliphatic rings. The zero-order chi connectivity index (χ0) is 12.8. The fourth-order valence-corrected chi connectivity index (χ4v) is 2.67. The van der Waals surface area contributed by atoms with E-state index in [2.05, 4.69) is 10.6 Å². The Hall–Kier alpha value is -1.10. The van der Waals surface area contributed by atoms with E-state index in [-0.39, 0.29) is 18.4 Å². The predicted molar refractivity (Wildman–Crippen MR) is 69.0 cm³/mol. The summed E-state index contributed by atoms with van der Waals surface area (Å²) in [5.74, 6) is 0.564. The number of amides is 2. The van der Waals surface area contributed by atoms with Crippen LogP contribution in [-0.4, -0.2) is 49.4 Å². The van der Waals surface area contributed by atoms with Crippen molar-refractivity contribution in [2.24, 2.45) is 5.92 Å². The molecule has 0 aromatic carbocycles. The van der Waals surface area contributed by atoms with Crippen molar-refractivity contribution in [3.05, 3.63) is 0 Å². The standard InChI is InChI=1S/C13H23N3O2/c17-12(9-11-3-5-14-6-4-11)15-10-13(18)16-7-1-2-8-16/h11,14H,1-10H2,(H,15,17). The van der Waals surface area contributed by atoms with Gasteiger partial charge in [0.1, 0.15) is 0 Å². The molecule has 0 radical (unpaired) electrons. The second-order valence-corrected chi connectivity index (χ2v) is 5.26. The smallest absolute Gasteiger partial charge is 0.241 e. The molecule has 0 spiro atoms. The highest BCUT2D eigenvalue weighted by molar-refractivity contribution is 5.84. The molecule has 0 unspecified atom stereocenters. The zero-order valence-corrected chi connectivity index (χ0v) is 10.9. The lowest BCUT2D eigenvalue weighted by Gasteiger charge is -2.22. The van der Waals surface area contributed by atoms with Crippen LogP contribution in [-0.2, 0) is 9.59 Å². The topological polar surface area (TPSA) is 61.4 Å². The summed E-state index contributed by atoms with van der Waals surface area (Å²) in [6, 6.07) is 0. The van der Waals surface area contributed by atoms with Gasteiger partial charge in [-0.1, -0.05) is 0 Å². The van der Waals surface area contributed by atoms with Gasteiger partial charge in [0.15, 0.2) is 0 Å². The Balaban J connectivity index is 1.63. The third-order valence-electron chi connectivity index (χ3n) is 3.83. The molecule has 2 rings (SSSR count). The van der Waals surface area contributed by atoms with Crippen LogP contribution in [0.2, 0.25) is 0 Å². The maximum absolute atomic E-state index is 11.7. The lowest BCUT2D eigenvalue weighted by atomic mass is 9.94. The molecule has 5 nitrogen and oxygen atoms in total. The normalized spacial score (nSPS) is 21.0. The average molecular weight is 253 g/mol. The van der Waals surface area contributed by atoms with Crippen LogP contribution in [0.3, 0.4) is 0 Å². The molecule has 2 aliphatic heterocycles. The first-order valence-corrected chi connectivity index (χ1v) is 7.01. The average Bonchev–Trinajstić information content (AvgIpc) is 2.91. The van der Waals surface area contributed by atoms with Crippen LogP contribution >= 0.6 is 0 Å². The number of piperidine rings is 1. The minimum absolute atomic E-state index is 0.0226. The minimum atomic E-state index is 0.0226. The van der Waals surface area contributed by atoms with E-state index < -0.39 is 0 Å². The van der Waals surface area contributed by atoms with E-state index in [4.69, 9.17) is 0 Å². The second kappa shape index (κ2) is 6.73. The fourth-order valence-electron chi connectivity index (χ4n) is 2.67. The van der Waals surface area contributed by atoms with Gasteiger partial charge >= 0.3 is 0 Å². The van der Waals surface area contributed by atoms with Gasteiger partial charge in [-0.05, 0) is 44.7 Å². The molecule has 0 aliphatic carbocycles. The molecular weight excluding hydrogens is 230 g/mol. The van der Waals surface area contributed by atoms with Gasteiger partial charge in [0.2, 0.25) is 11.8 Å². The molecular formula is C13H23N3O2. The summed E-state index contributed by atoms with van der Waals surface area (Å²) >= 11 is 0. The number of nitrogens with zero attached hydrogens (tertiary/aromatic N) is 1. The number of hydrogen-bond acceptors (Lipinski definition) is 3. The fraction of sp³-hybridized carbons (Fsp3) is 0.846. The summed E-state index contributed by atoms with van der Waals surface area (Å²) in [7, 11) is 0. The monoisotopic (exact) mass is 253 g/mol. The van der Waals surface area contributed by atoms with E-state index in [1.807, 2.05) is 4.90 Å². The van der Waals surface area contributed by atoms with E-state index in [0.29, 0.717) is 12.3 Å². The van der Waals surface area contributed by atoms with Gasteiger partial charge in [0, 0.05) is 19.5 Å². The van der Waals surface area contributed by atoms with Crippen LogP contribution in [0.25, 0.3) is 0 Å². The maximum atomic E-state index is 11.7. The van der Waals surface area contributed by atoms with E-state index >= 15 is 0 Å². The van der Waals surface area contributed by atoms with Crippen molar-refractivity contribution in [3.63, 3.8) is 0 Å². The van der Waals surface area contributed by atoms with Crippen LogP contribution < -0.4 is 10.6 Å². The molecule has 2 fully saturated rings. The lowest BCUT2D eigenvalue weighted by molar-refractivity contribution is -0.132. The molecule has 2 amide bonds. The molecule has 18 heavy (non-hydrogen) atoms. The summed E-state index contributed by atoms with van der Waals surface area (Å²) in [5, 5.41) is 6.04. The summed E-state index contributed by atoms with van der Waals surface area (Å²) in [4.78, 5) is 25.3. The van der Waals surface area contributed by atoms with Crippen molar-refractivity contribution < 1.29 is 9.59 Å². The van der Waals surface area contributed by atoms with Crippen molar-refractivity contribution in [1.29, 1.82) is 0 Å². The minimum Gasteiger partial charge on any atom is -0.347 e. The van der Waals surface area contributed by atoms with Crippen LogP contribution in [0.1, 0.15) is 32.1 Å². The van der Waals surface area contributed by atoms with Crippen LogP contribution in [0.15, 0.2) is 0 Å². The molecule has 0 aromatic heterocycles. The number of rotatable bonds is 4. The SMILES string of the molecule is O=C(CC1CCNCC1)NCC(=O)N1CCCC1. The van der Waals surface area contributed by atoms with Gasteiger partial charge in [-0.25, -0.2) is 0 Å². The zero-order valence-electron chi connectivity index (χ0n) is 10.9. The maximum Gasteiger partial charge on any atom is 0.241 e. The van der Waals surface area contributed by atoms with Crippen LogP contribution in [0.4, 0.5) is 0 Å². The Bertz CT molecular complexity index is 295. The number of nitrogens with one attached hydrogen (secondary N) is 2. The van der Waals surface area contributed by atoms with Gasteiger partial charge in [-0.2, -0.15) is 0 Å². The summed E-state index contributed by atoms with van der Waals surface area (Å²) in [6.07, 6.45) is 4.87. The van der Waals surface area contributed by atoms with Gasteiger partial charge in [0.05, 0.1) is 6.54 Å². The first kappa shape index (κ1) is 13.3. The summed E-state index contributed by atoms with van der Waals surface area (Å²) in [6.45, 7) is 3.88. The van der Waals surface area contributed by atoms with E-state index in [9.17, 15) is 9.59 Å². The van der Waals surface area contributed by atoms with E-state index in [1.54, 1.807) is 0 Å². The van der Waals surface area contributed by atoms with E-state index in [1.165, 1.54) is 0 Å². The van der Waals surface area contributed by atoms with Crippen molar-refractivity contribution >= 4 is 11.8 Å². The van der Waals surface area contributed by atoms with Gasteiger partial charge in [0.25, 0.3) is 0 Å². The molecule has 102 valence electrons. The predicted octanol–water partition coefficient (Wildman–Crippen LogP) is 0.115. The van der Waals surface area contributed by atoms with Crippen LogP contribution in [0.5, 0.6) is 0 Å². The summed E-state index contributed by atoms with van der Waals surface area (Å²) < 4.78 is 0. The first-order valence-electron chi connectivity index (χ1n) is 7.01. The Morgan fingerprint density at radius 1 is 1.17 bits per heavy atom. The van der Waals surface area contributed by atoms with Gasteiger partial charge in [-0.15, -0.1) is 0 Å². The molecule has 2 saturated heterocycles. The molecule has 0 aromatic rings. The van der Waals surface area contributed by atoms with Gasteiger partial charge < -0.3 is 15.5 Å². The van der Waals surface area contributed by atoms with Crippen molar-refractivity contribution in [3.8, 4) is 0 Å². The summed E-state index contributed by atoms with van der Waals surface area (Å²) in [5.41, 5.74) is 0. The highest BCUT2D eigenvalue weighted by Crippen LogP contribution is 2.15. The molecule has 2 N–H and O–H groups in total. The third kappa shape index (κ3) is 3.98. The molecule has 0 bridgehead atoms. The molecule has 0 saturated carbocycles. The van der Waals surface area contributed by atoms with Crippen LogP contribution in [0, 0.1) is 5.92 Å². The van der Waals surface area contributed by atoms with Crippen molar-refractivity contribution in [2.45, 2.75) is 32.1 Å². The van der Waals surface area contributed by atoms with Gasteiger partial charge in [-0.3, -0.25) is 9.59 Å². The number of likely N-dealkylation sites (tertiary alicyclic amines) is 1. The lowest BCUT2D eigenvalue weighted by Crippen LogP contribution is -2.39. The molecule has 5 heteroatoms. The quantitative estimate of drug-likeness (QED) is 0.748. The molecule has 0 atom stereocenters. The highest BCUT2D eigenvalue weighted by Gasteiger charge is 2.20. The number of carbonyl (C=O) groups excluding carboxylic acids is 2. The Morgan fingerprint density at radius 3 is 2.50 bits per heavy atom. The largest absolute Gasteiger partial charge is 0.347 e. The number of hydrogen-bond donors (Lipinski definition) is 2.